The summed E-state index contributed by atoms with van der Waals surface area (Å²) in [6.07, 6.45) is 0. The summed E-state index contributed by atoms with van der Waals surface area (Å²) in [7, 11) is 1.31. The third-order valence-corrected chi connectivity index (χ3v) is 3.17. The van der Waals surface area contributed by atoms with Crippen LogP contribution in [0.2, 0.25) is 0 Å². The highest BCUT2D eigenvalue weighted by molar-refractivity contribution is 7.80. The Morgan fingerprint density at radius 3 is 2.63 bits per heavy atom. The van der Waals surface area contributed by atoms with Crippen molar-refractivity contribution >= 4 is 23.3 Å². The van der Waals surface area contributed by atoms with Gasteiger partial charge in [0.05, 0.1) is 13.2 Å². The summed E-state index contributed by atoms with van der Waals surface area (Å²) < 4.78 is 17.7. The number of hydrogen-bond donors (Lipinski definition) is 2. The summed E-state index contributed by atoms with van der Waals surface area (Å²) in [5, 5.41) is 6.17. The smallest absolute Gasteiger partial charge is 0.317 e. The summed E-state index contributed by atoms with van der Waals surface area (Å²) >= 11 is 5.05. The largest absolute Gasteiger partial charge is 0.468 e. The molecule has 1 fully saturated rings. The van der Waals surface area contributed by atoms with E-state index in [1.807, 2.05) is 0 Å². The molecular weight excluding hydrogens is 267 g/mol. The molecule has 0 bridgehead atoms. The first-order chi connectivity index (χ1) is 9.02. The number of carbonyl (C=O) groups excluding carboxylic acids is 1. The first-order valence-electron chi connectivity index (χ1n) is 5.62. The topological polar surface area (TPSA) is 50.4 Å². The van der Waals surface area contributed by atoms with Gasteiger partial charge in [-0.25, -0.2) is 4.39 Å². The van der Waals surface area contributed by atoms with Crippen LogP contribution < -0.4 is 10.6 Å². The van der Waals surface area contributed by atoms with Gasteiger partial charge in [-0.15, -0.1) is 0 Å². The first kappa shape index (κ1) is 13.5. The van der Waals surface area contributed by atoms with Crippen LogP contribution >= 0.6 is 12.2 Å². The Balaban J connectivity index is 2.37. The number of carbonyl (C=O) groups is 1. The third kappa shape index (κ3) is 2.73. The summed E-state index contributed by atoms with van der Waals surface area (Å²) in [5.41, 5.74) is 1.20. The molecule has 0 amide bonds. The molecule has 1 aromatic carbocycles. The molecule has 2 N–H and O–H groups in total. The second kappa shape index (κ2) is 5.36. The fourth-order valence-electron chi connectivity index (χ4n) is 2.04. The van der Waals surface area contributed by atoms with Gasteiger partial charge in [0.2, 0.25) is 0 Å². The lowest BCUT2D eigenvalue weighted by molar-refractivity contribution is -0.145. The Hall–Kier alpha value is -1.95. The van der Waals surface area contributed by atoms with E-state index in [1.165, 1.54) is 19.2 Å². The van der Waals surface area contributed by atoms with Gasteiger partial charge in [0, 0.05) is 5.70 Å². The number of esters is 1. The van der Waals surface area contributed by atoms with Gasteiger partial charge in [0.1, 0.15) is 11.7 Å². The van der Waals surface area contributed by atoms with Crippen molar-refractivity contribution in [2.45, 2.75) is 6.04 Å². The minimum Gasteiger partial charge on any atom is -0.468 e. The Morgan fingerprint density at radius 2 is 2.05 bits per heavy atom. The monoisotopic (exact) mass is 280 g/mol. The molecule has 6 heteroatoms. The van der Waals surface area contributed by atoms with Crippen molar-refractivity contribution in [3.05, 3.63) is 47.9 Å². The number of hydrogen-bond acceptors (Lipinski definition) is 3. The Labute approximate surface area is 115 Å². The normalized spacial score (nSPS) is 22.4. The van der Waals surface area contributed by atoms with Crippen LogP contribution in [0.15, 0.2) is 36.5 Å². The molecule has 1 aliphatic rings. The third-order valence-electron chi connectivity index (χ3n) is 2.95. The molecule has 4 nitrogen and oxygen atoms in total. The number of methoxy groups -OCH3 is 1. The number of thiocarbonyl (C=S) groups is 1. The maximum Gasteiger partial charge on any atom is 0.317 e. The van der Waals surface area contributed by atoms with E-state index < -0.39 is 17.9 Å². The predicted octanol–water partition coefficient (Wildman–Crippen LogP) is 1.65. The van der Waals surface area contributed by atoms with E-state index in [4.69, 9.17) is 17.0 Å². The average molecular weight is 280 g/mol. The fraction of sp³-hybridized carbons (Fsp3) is 0.231. The Kier molecular flexibility index (Phi) is 3.80. The van der Waals surface area contributed by atoms with E-state index in [0.717, 1.165) is 5.56 Å². The molecular formula is C13H13FN2O2S. The number of benzene rings is 1. The summed E-state index contributed by atoms with van der Waals surface area (Å²) in [6.45, 7) is 3.79. The molecule has 1 aromatic rings. The van der Waals surface area contributed by atoms with Crippen LogP contribution in [0.3, 0.4) is 0 Å². The van der Waals surface area contributed by atoms with Gasteiger partial charge < -0.3 is 15.4 Å². The highest BCUT2D eigenvalue weighted by Crippen LogP contribution is 2.30. The van der Waals surface area contributed by atoms with Crippen LogP contribution in [0.1, 0.15) is 11.6 Å². The zero-order valence-corrected chi connectivity index (χ0v) is 11.1. The molecule has 0 radical (unpaired) electrons. The van der Waals surface area contributed by atoms with Crippen molar-refractivity contribution < 1.29 is 13.9 Å². The van der Waals surface area contributed by atoms with Crippen LogP contribution in [0.25, 0.3) is 0 Å². The molecule has 0 aromatic heterocycles. The Morgan fingerprint density at radius 1 is 1.42 bits per heavy atom. The number of rotatable bonds is 2. The quantitative estimate of drug-likeness (QED) is 0.637. The summed E-state index contributed by atoms with van der Waals surface area (Å²) in [4.78, 5) is 11.9. The van der Waals surface area contributed by atoms with Gasteiger partial charge >= 0.3 is 5.97 Å². The number of ether oxygens (including phenoxy) is 1. The molecule has 100 valence electrons. The molecule has 1 saturated heterocycles. The average Bonchev–Trinajstić information content (AvgIpc) is 2.38. The SMILES string of the molecule is C=C1NC(=S)NC(c2ccc(F)cc2)C1C(=O)OC. The van der Waals surface area contributed by atoms with Gasteiger partial charge in [-0.3, -0.25) is 4.79 Å². The maximum absolute atomic E-state index is 13.0. The van der Waals surface area contributed by atoms with Crippen molar-refractivity contribution in [1.29, 1.82) is 0 Å². The van der Waals surface area contributed by atoms with Gasteiger partial charge in [-0.2, -0.15) is 0 Å². The fourth-order valence-corrected chi connectivity index (χ4v) is 2.29. The zero-order chi connectivity index (χ0) is 14.0. The molecule has 2 unspecified atom stereocenters. The molecule has 2 rings (SSSR count). The van der Waals surface area contributed by atoms with Crippen molar-refractivity contribution in [2.75, 3.05) is 7.11 Å². The van der Waals surface area contributed by atoms with Crippen LogP contribution in [0, 0.1) is 11.7 Å². The molecule has 19 heavy (non-hydrogen) atoms. The van der Waals surface area contributed by atoms with Crippen molar-refractivity contribution in [3.63, 3.8) is 0 Å². The lowest BCUT2D eigenvalue weighted by atomic mass is 9.89. The van der Waals surface area contributed by atoms with Crippen molar-refractivity contribution in [2.24, 2.45) is 5.92 Å². The molecule has 0 aliphatic carbocycles. The second-order valence-corrected chi connectivity index (χ2v) is 4.56. The minimum atomic E-state index is -0.623. The predicted molar refractivity (Wildman–Crippen MR) is 72.7 cm³/mol. The summed E-state index contributed by atoms with van der Waals surface area (Å²) in [6, 6.07) is 5.45. The lowest BCUT2D eigenvalue weighted by Gasteiger charge is -2.34. The van der Waals surface area contributed by atoms with E-state index in [-0.39, 0.29) is 5.82 Å². The standard InChI is InChI=1S/C13H13FN2O2S/c1-7-10(12(17)18-2)11(16-13(19)15-7)8-3-5-9(14)6-4-8/h3-6,10-11H,1H2,2H3,(H2,15,16,19). The van der Waals surface area contributed by atoms with E-state index in [2.05, 4.69) is 17.2 Å². The van der Waals surface area contributed by atoms with Crippen LogP contribution in [-0.4, -0.2) is 18.2 Å². The van der Waals surface area contributed by atoms with Gasteiger partial charge in [0.25, 0.3) is 0 Å². The zero-order valence-electron chi connectivity index (χ0n) is 10.3. The number of halogens is 1. The molecule has 0 saturated carbocycles. The lowest BCUT2D eigenvalue weighted by Crippen LogP contribution is -2.50. The maximum atomic E-state index is 13.0. The van der Waals surface area contributed by atoms with Crippen LogP contribution in [0.4, 0.5) is 4.39 Å². The molecule has 1 aliphatic heterocycles. The van der Waals surface area contributed by atoms with Crippen molar-refractivity contribution in [3.8, 4) is 0 Å². The summed E-state index contributed by atoms with van der Waals surface area (Å²) in [5.74, 6) is -1.39. The first-order valence-corrected chi connectivity index (χ1v) is 6.03. The second-order valence-electron chi connectivity index (χ2n) is 4.15. The van der Waals surface area contributed by atoms with E-state index in [9.17, 15) is 9.18 Å². The molecule has 1 heterocycles. The van der Waals surface area contributed by atoms with Crippen LogP contribution in [0.5, 0.6) is 0 Å². The minimum absolute atomic E-state index is 0.339. The number of nitrogens with one attached hydrogen (secondary N) is 2. The van der Waals surface area contributed by atoms with Gasteiger partial charge in [-0.05, 0) is 29.9 Å². The van der Waals surface area contributed by atoms with Crippen LogP contribution in [-0.2, 0) is 9.53 Å². The van der Waals surface area contributed by atoms with E-state index in [1.54, 1.807) is 12.1 Å². The highest BCUT2D eigenvalue weighted by Gasteiger charge is 2.37. The molecule has 2 atom stereocenters. The molecule has 0 spiro atoms. The van der Waals surface area contributed by atoms with E-state index in [0.29, 0.717) is 10.8 Å². The van der Waals surface area contributed by atoms with Gasteiger partial charge in [0.15, 0.2) is 5.11 Å². The Bertz CT molecular complexity index is 530. The van der Waals surface area contributed by atoms with Gasteiger partial charge in [-0.1, -0.05) is 18.7 Å². The van der Waals surface area contributed by atoms with E-state index >= 15 is 0 Å². The van der Waals surface area contributed by atoms with Crippen molar-refractivity contribution in [1.82, 2.24) is 10.6 Å². The highest BCUT2D eigenvalue weighted by atomic mass is 32.1.